The van der Waals surface area contributed by atoms with Gasteiger partial charge in [-0.2, -0.15) is 0 Å². The minimum absolute atomic E-state index is 0.178. The van der Waals surface area contributed by atoms with Crippen LogP contribution in [-0.2, 0) is 10.0 Å². The molecule has 0 saturated carbocycles. The topological polar surface area (TPSA) is 67.4 Å². The van der Waals surface area contributed by atoms with E-state index in [1.54, 1.807) is 7.05 Å². The lowest BCUT2D eigenvalue weighted by atomic mass is 10.3. The third kappa shape index (κ3) is 5.79. The molecule has 2 N–H and O–H groups in total. The highest BCUT2D eigenvalue weighted by Crippen LogP contribution is 2.30. The first kappa shape index (κ1) is 15.6. The fraction of sp³-hybridized carbons (Fsp3) is 0.400. The van der Waals surface area contributed by atoms with Crippen molar-refractivity contribution >= 4 is 15.7 Å². The summed E-state index contributed by atoms with van der Waals surface area (Å²) in [7, 11) is -2.17. The molecule has 0 spiro atoms. The van der Waals surface area contributed by atoms with Crippen molar-refractivity contribution in [3.8, 4) is 5.75 Å². The summed E-state index contributed by atoms with van der Waals surface area (Å²) >= 11 is 0. The first-order chi connectivity index (χ1) is 8.73. The van der Waals surface area contributed by atoms with Gasteiger partial charge in [-0.15, -0.1) is 13.2 Å². The minimum Gasteiger partial charge on any atom is -0.404 e. The van der Waals surface area contributed by atoms with Crippen molar-refractivity contribution in [3.05, 3.63) is 24.3 Å². The van der Waals surface area contributed by atoms with Crippen molar-refractivity contribution in [1.82, 2.24) is 5.32 Å². The highest BCUT2D eigenvalue weighted by Gasteiger charge is 2.32. The van der Waals surface area contributed by atoms with Gasteiger partial charge in [-0.3, -0.25) is 4.72 Å². The van der Waals surface area contributed by atoms with Gasteiger partial charge in [-0.1, -0.05) is 12.1 Å². The van der Waals surface area contributed by atoms with E-state index in [0.29, 0.717) is 0 Å². The van der Waals surface area contributed by atoms with Crippen LogP contribution >= 0.6 is 0 Å². The Morgan fingerprint density at radius 2 is 1.89 bits per heavy atom. The molecule has 1 aromatic carbocycles. The van der Waals surface area contributed by atoms with Crippen LogP contribution in [0, 0.1) is 0 Å². The number of benzene rings is 1. The SMILES string of the molecule is CNCCS(=O)(=O)Nc1ccccc1OC(F)(F)F. The van der Waals surface area contributed by atoms with E-state index in [1.807, 2.05) is 0 Å². The quantitative estimate of drug-likeness (QED) is 0.836. The maximum absolute atomic E-state index is 12.1. The van der Waals surface area contributed by atoms with E-state index in [9.17, 15) is 21.6 Å². The number of anilines is 1. The van der Waals surface area contributed by atoms with E-state index in [2.05, 4.69) is 14.8 Å². The van der Waals surface area contributed by atoms with Crippen LogP contribution in [0.25, 0.3) is 0 Å². The normalized spacial score (nSPS) is 12.2. The van der Waals surface area contributed by atoms with Crippen LogP contribution in [0.3, 0.4) is 0 Å². The average molecular weight is 298 g/mol. The van der Waals surface area contributed by atoms with Crippen molar-refractivity contribution in [2.24, 2.45) is 0 Å². The number of para-hydroxylation sites is 2. The van der Waals surface area contributed by atoms with Gasteiger partial charge in [0, 0.05) is 6.54 Å². The van der Waals surface area contributed by atoms with Gasteiger partial charge in [0.2, 0.25) is 10.0 Å². The van der Waals surface area contributed by atoms with Gasteiger partial charge in [-0.25, -0.2) is 8.42 Å². The average Bonchev–Trinajstić information content (AvgIpc) is 2.27. The number of rotatable bonds is 6. The first-order valence-corrected chi connectivity index (χ1v) is 6.88. The molecule has 0 saturated heterocycles. The van der Waals surface area contributed by atoms with E-state index >= 15 is 0 Å². The molecule has 0 aromatic heterocycles. The van der Waals surface area contributed by atoms with Crippen LogP contribution in [0.15, 0.2) is 24.3 Å². The Kier molecular flexibility index (Phi) is 5.01. The maximum atomic E-state index is 12.1. The van der Waals surface area contributed by atoms with Crippen molar-refractivity contribution in [3.63, 3.8) is 0 Å². The smallest absolute Gasteiger partial charge is 0.404 e. The van der Waals surface area contributed by atoms with Gasteiger partial charge in [0.05, 0.1) is 11.4 Å². The molecule has 5 nitrogen and oxygen atoms in total. The van der Waals surface area contributed by atoms with Crippen LogP contribution < -0.4 is 14.8 Å². The van der Waals surface area contributed by atoms with Crippen molar-refractivity contribution < 1.29 is 26.3 Å². The van der Waals surface area contributed by atoms with Crippen molar-refractivity contribution in [2.45, 2.75) is 6.36 Å². The van der Waals surface area contributed by atoms with Crippen LogP contribution in [0.2, 0.25) is 0 Å². The fourth-order valence-corrected chi connectivity index (χ4v) is 2.30. The van der Waals surface area contributed by atoms with Crippen LogP contribution in [0.5, 0.6) is 5.75 Å². The molecule has 9 heteroatoms. The number of hydrogen-bond acceptors (Lipinski definition) is 4. The molecule has 0 bridgehead atoms. The molecule has 0 aliphatic heterocycles. The van der Waals surface area contributed by atoms with E-state index in [0.717, 1.165) is 6.07 Å². The summed E-state index contributed by atoms with van der Waals surface area (Å²) in [5, 5.41) is 2.63. The third-order valence-corrected chi connectivity index (χ3v) is 3.27. The largest absolute Gasteiger partial charge is 0.573 e. The molecule has 1 rings (SSSR count). The van der Waals surface area contributed by atoms with Gasteiger partial charge in [-0.05, 0) is 19.2 Å². The highest BCUT2D eigenvalue weighted by atomic mass is 32.2. The Hall–Kier alpha value is -1.48. The summed E-state index contributed by atoms with van der Waals surface area (Å²) in [4.78, 5) is 0. The lowest BCUT2D eigenvalue weighted by Gasteiger charge is -2.14. The Bertz CT molecular complexity index is 517. The predicted molar refractivity (Wildman–Crippen MR) is 64.5 cm³/mol. The van der Waals surface area contributed by atoms with Crippen LogP contribution in [0.1, 0.15) is 0 Å². The zero-order chi connectivity index (χ0) is 14.5. The summed E-state index contributed by atoms with van der Waals surface area (Å²) < 4.78 is 65.4. The Balaban J connectivity index is 2.89. The van der Waals surface area contributed by atoms with Crippen LogP contribution in [-0.4, -0.2) is 34.1 Å². The second-order valence-corrected chi connectivity index (χ2v) is 5.41. The maximum Gasteiger partial charge on any atom is 0.573 e. The highest BCUT2D eigenvalue weighted by molar-refractivity contribution is 7.92. The van der Waals surface area contributed by atoms with E-state index in [-0.39, 0.29) is 18.0 Å². The molecule has 0 amide bonds. The number of nitrogens with one attached hydrogen (secondary N) is 2. The van der Waals surface area contributed by atoms with Crippen LogP contribution in [0.4, 0.5) is 18.9 Å². The summed E-state index contributed by atoms with van der Waals surface area (Å²) in [6.07, 6.45) is -4.88. The van der Waals surface area contributed by atoms with Gasteiger partial charge < -0.3 is 10.1 Å². The molecule has 0 atom stereocenters. The minimum atomic E-state index is -4.88. The number of halogens is 3. The molecule has 0 fully saturated rings. The fourth-order valence-electron chi connectivity index (χ4n) is 1.22. The second kappa shape index (κ2) is 6.11. The molecule has 1 aromatic rings. The van der Waals surface area contributed by atoms with Gasteiger partial charge in [0.25, 0.3) is 0 Å². The van der Waals surface area contributed by atoms with Gasteiger partial charge in [0.1, 0.15) is 0 Å². The molecule has 0 radical (unpaired) electrons. The number of hydrogen-bond donors (Lipinski definition) is 2. The van der Waals surface area contributed by atoms with Gasteiger partial charge >= 0.3 is 6.36 Å². The molecule has 0 unspecified atom stereocenters. The second-order valence-electron chi connectivity index (χ2n) is 3.57. The van der Waals surface area contributed by atoms with E-state index < -0.39 is 22.1 Å². The number of ether oxygens (including phenoxy) is 1. The molecule has 19 heavy (non-hydrogen) atoms. The van der Waals surface area contributed by atoms with Gasteiger partial charge in [0.15, 0.2) is 5.75 Å². The first-order valence-electron chi connectivity index (χ1n) is 5.23. The number of sulfonamides is 1. The molecule has 0 heterocycles. The lowest BCUT2D eigenvalue weighted by molar-refractivity contribution is -0.274. The summed E-state index contributed by atoms with van der Waals surface area (Å²) in [5.74, 6) is -0.854. The standard InChI is InChI=1S/C10H13F3N2O3S/c1-14-6-7-19(16,17)15-8-4-2-3-5-9(8)18-10(11,12)13/h2-5,14-15H,6-7H2,1H3. The summed E-state index contributed by atoms with van der Waals surface area (Å²) in [6.45, 7) is 0.178. The monoisotopic (exact) mass is 298 g/mol. The van der Waals surface area contributed by atoms with Crippen molar-refractivity contribution in [2.75, 3.05) is 24.1 Å². The summed E-state index contributed by atoms with van der Waals surface area (Å²) in [5.41, 5.74) is -0.254. The number of alkyl halides is 3. The van der Waals surface area contributed by atoms with E-state index in [1.165, 1.54) is 18.2 Å². The van der Waals surface area contributed by atoms with E-state index in [4.69, 9.17) is 0 Å². The molecular weight excluding hydrogens is 285 g/mol. The Labute approximate surface area is 108 Å². The predicted octanol–water partition coefficient (Wildman–Crippen LogP) is 1.55. The Morgan fingerprint density at radius 3 is 2.47 bits per heavy atom. The zero-order valence-corrected chi connectivity index (χ0v) is 10.8. The molecular formula is C10H13F3N2O3S. The van der Waals surface area contributed by atoms with Crippen molar-refractivity contribution in [1.29, 1.82) is 0 Å². The third-order valence-electron chi connectivity index (χ3n) is 2.00. The Morgan fingerprint density at radius 1 is 1.26 bits per heavy atom. The molecule has 108 valence electrons. The zero-order valence-electron chi connectivity index (χ0n) is 9.99. The summed E-state index contributed by atoms with van der Waals surface area (Å²) in [6, 6.07) is 4.94. The lowest BCUT2D eigenvalue weighted by Crippen LogP contribution is -2.25. The molecule has 0 aliphatic carbocycles. The molecule has 0 aliphatic rings.